The van der Waals surface area contributed by atoms with Crippen molar-refractivity contribution in [3.8, 4) is 0 Å². The van der Waals surface area contributed by atoms with Crippen molar-refractivity contribution in [1.82, 2.24) is 15.3 Å². The van der Waals surface area contributed by atoms with Crippen LogP contribution in [0, 0.1) is 5.41 Å². The van der Waals surface area contributed by atoms with Crippen molar-refractivity contribution in [3.63, 3.8) is 0 Å². The van der Waals surface area contributed by atoms with Crippen LogP contribution in [0.15, 0.2) is 6.20 Å². The Morgan fingerprint density at radius 1 is 1.35 bits per heavy atom. The Labute approximate surface area is 137 Å². The standard InChI is InChI=1S/C17H26N4O2/c1-17(2,3)15(22)19-13-5-4-6-14-12(13)11-18-16(20-14)21-7-9-23-10-8-21/h11,13H,4-10H2,1-3H3,(H,19,22). The predicted octanol–water partition coefficient (Wildman–Crippen LogP) is 1.85. The van der Waals surface area contributed by atoms with Crippen LogP contribution in [-0.4, -0.2) is 42.2 Å². The molecule has 1 fully saturated rings. The number of ether oxygens (including phenoxy) is 1. The Kier molecular flexibility index (Phi) is 4.53. The monoisotopic (exact) mass is 318 g/mol. The molecule has 1 atom stereocenters. The molecular formula is C17H26N4O2. The van der Waals surface area contributed by atoms with Crippen LogP contribution in [0.3, 0.4) is 0 Å². The number of anilines is 1. The summed E-state index contributed by atoms with van der Waals surface area (Å²) in [7, 11) is 0. The zero-order valence-corrected chi connectivity index (χ0v) is 14.3. The fourth-order valence-corrected chi connectivity index (χ4v) is 2.98. The number of morpholine rings is 1. The summed E-state index contributed by atoms with van der Waals surface area (Å²) in [5, 5.41) is 3.16. The number of nitrogens with one attached hydrogen (secondary N) is 1. The van der Waals surface area contributed by atoms with Crippen molar-refractivity contribution in [1.29, 1.82) is 0 Å². The number of carbonyl (C=O) groups excluding carboxylic acids is 1. The third-order valence-corrected chi connectivity index (χ3v) is 4.45. The van der Waals surface area contributed by atoms with E-state index in [1.54, 1.807) is 0 Å². The van der Waals surface area contributed by atoms with Crippen LogP contribution in [0.25, 0.3) is 0 Å². The van der Waals surface area contributed by atoms with Crippen LogP contribution in [-0.2, 0) is 16.0 Å². The third-order valence-electron chi connectivity index (χ3n) is 4.45. The van der Waals surface area contributed by atoms with Crippen molar-refractivity contribution in [2.24, 2.45) is 5.41 Å². The van der Waals surface area contributed by atoms with E-state index in [-0.39, 0.29) is 17.4 Å². The van der Waals surface area contributed by atoms with Crippen molar-refractivity contribution >= 4 is 11.9 Å². The van der Waals surface area contributed by atoms with E-state index >= 15 is 0 Å². The van der Waals surface area contributed by atoms with E-state index in [4.69, 9.17) is 9.72 Å². The van der Waals surface area contributed by atoms with Crippen LogP contribution in [0.2, 0.25) is 0 Å². The number of hydrogen-bond acceptors (Lipinski definition) is 5. The second-order valence-corrected chi connectivity index (χ2v) is 7.34. The Bertz CT molecular complexity index is 576. The second kappa shape index (κ2) is 6.43. The molecule has 3 rings (SSSR count). The first kappa shape index (κ1) is 16.2. The number of amides is 1. The summed E-state index contributed by atoms with van der Waals surface area (Å²) in [5.74, 6) is 0.863. The van der Waals surface area contributed by atoms with Crippen LogP contribution < -0.4 is 10.2 Å². The summed E-state index contributed by atoms with van der Waals surface area (Å²) in [6, 6.07) is 0.0317. The lowest BCUT2D eigenvalue weighted by Crippen LogP contribution is -2.40. The van der Waals surface area contributed by atoms with E-state index in [1.807, 2.05) is 27.0 Å². The van der Waals surface area contributed by atoms with Gasteiger partial charge in [-0.15, -0.1) is 0 Å². The SMILES string of the molecule is CC(C)(C)C(=O)NC1CCCc2nc(N3CCOCC3)ncc21. The van der Waals surface area contributed by atoms with Crippen LogP contribution in [0.4, 0.5) is 5.95 Å². The maximum absolute atomic E-state index is 12.3. The van der Waals surface area contributed by atoms with Crippen molar-refractivity contribution in [2.45, 2.75) is 46.1 Å². The Morgan fingerprint density at radius 2 is 2.09 bits per heavy atom. The molecule has 1 N–H and O–H groups in total. The van der Waals surface area contributed by atoms with Crippen molar-refractivity contribution in [3.05, 3.63) is 17.5 Å². The summed E-state index contributed by atoms with van der Waals surface area (Å²) in [6.45, 7) is 8.93. The van der Waals surface area contributed by atoms with Gasteiger partial charge in [-0.25, -0.2) is 9.97 Å². The lowest BCUT2D eigenvalue weighted by Gasteiger charge is -2.31. The minimum absolute atomic E-state index is 0.0317. The van der Waals surface area contributed by atoms with E-state index in [1.165, 1.54) is 0 Å². The van der Waals surface area contributed by atoms with Gasteiger partial charge in [0.1, 0.15) is 0 Å². The zero-order chi connectivity index (χ0) is 16.4. The largest absolute Gasteiger partial charge is 0.378 e. The number of nitrogens with zero attached hydrogens (tertiary/aromatic N) is 3. The molecule has 6 nitrogen and oxygen atoms in total. The number of fused-ring (bicyclic) bond motifs is 1. The summed E-state index contributed by atoms with van der Waals surface area (Å²) in [5.41, 5.74) is 1.77. The Morgan fingerprint density at radius 3 is 2.78 bits per heavy atom. The van der Waals surface area contributed by atoms with E-state index in [0.717, 1.165) is 62.8 Å². The number of hydrogen-bond donors (Lipinski definition) is 1. The van der Waals surface area contributed by atoms with E-state index in [9.17, 15) is 4.79 Å². The molecule has 1 aliphatic heterocycles. The minimum atomic E-state index is -0.383. The van der Waals surface area contributed by atoms with Crippen LogP contribution in [0.1, 0.15) is 50.9 Å². The molecule has 1 aliphatic carbocycles. The lowest BCUT2D eigenvalue weighted by atomic mass is 9.90. The quantitative estimate of drug-likeness (QED) is 0.901. The van der Waals surface area contributed by atoms with Crippen molar-refractivity contribution < 1.29 is 9.53 Å². The van der Waals surface area contributed by atoms with Crippen molar-refractivity contribution in [2.75, 3.05) is 31.2 Å². The maximum atomic E-state index is 12.3. The number of aryl methyl sites for hydroxylation is 1. The summed E-state index contributed by atoms with van der Waals surface area (Å²) in [4.78, 5) is 23.8. The van der Waals surface area contributed by atoms with Crippen LogP contribution in [0.5, 0.6) is 0 Å². The predicted molar refractivity (Wildman–Crippen MR) is 88.3 cm³/mol. The molecular weight excluding hydrogens is 292 g/mol. The maximum Gasteiger partial charge on any atom is 0.225 e. The molecule has 0 radical (unpaired) electrons. The molecule has 0 saturated carbocycles. The third kappa shape index (κ3) is 3.63. The van der Waals surface area contributed by atoms with Gasteiger partial charge in [-0.3, -0.25) is 4.79 Å². The van der Waals surface area contributed by atoms with Gasteiger partial charge in [0, 0.05) is 30.3 Å². The van der Waals surface area contributed by atoms with E-state index in [2.05, 4.69) is 15.2 Å². The first-order valence-electron chi connectivity index (χ1n) is 8.44. The highest BCUT2D eigenvalue weighted by atomic mass is 16.5. The fraction of sp³-hybridized carbons (Fsp3) is 0.706. The minimum Gasteiger partial charge on any atom is -0.378 e. The second-order valence-electron chi connectivity index (χ2n) is 7.34. The number of carbonyl (C=O) groups is 1. The van der Waals surface area contributed by atoms with Gasteiger partial charge in [-0.1, -0.05) is 20.8 Å². The van der Waals surface area contributed by atoms with Gasteiger partial charge < -0.3 is 15.0 Å². The molecule has 126 valence electrons. The molecule has 0 bridgehead atoms. The molecule has 2 heterocycles. The van der Waals surface area contributed by atoms with Crippen LogP contribution >= 0.6 is 0 Å². The molecule has 1 aromatic heterocycles. The highest BCUT2D eigenvalue weighted by molar-refractivity contribution is 5.81. The first-order valence-corrected chi connectivity index (χ1v) is 8.44. The number of rotatable bonds is 2. The average molecular weight is 318 g/mol. The molecule has 0 aromatic carbocycles. The van der Waals surface area contributed by atoms with Gasteiger partial charge in [0.15, 0.2) is 0 Å². The van der Waals surface area contributed by atoms with Gasteiger partial charge in [-0.2, -0.15) is 0 Å². The fourth-order valence-electron chi connectivity index (χ4n) is 2.98. The van der Waals surface area contributed by atoms with E-state index in [0.29, 0.717) is 0 Å². The molecule has 23 heavy (non-hydrogen) atoms. The summed E-state index contributed by atoms with van der Waals surface area (Å²) >= 11 is 0. The summed E-state index contributed by atoms with van der Waals surface area (Å²) < 4.78 is 5.38. The molecule has 2 aliphatic rings. The average Bonchev–Trinajstić information content (AvgIpc) is 2.54. The van der Waals surface area contributed by atoms with Gasteiger partial charge in [0.05, 0.1) is 24.9 Å². The molecule has 6 heteroatoms. The normalized spacial score (nSPS) is 21.7. The molecule has 1 amide bonds. The highest BCUT2D eigenvalue weighted by Gasteiger charge is 2.29. The lowest BCUT2D eigenvalue weighted by molar-refractivity contribution is -0.129. The van der Waals surface area contributed by atoms with E-state index < -0.39 is 0 Å². The van der Waals surface area contributed by atoms with Gasteiger partial charge in [-0.05, 0) is 19.3 Å². The van der Waals surface area contributed by atoms with Gasteiger partial charge >= 0.3 is 0 Å². The first-order chi connectivity index (χ1) is 10.9. The zero-order valence-electron chi connectivity index (χ0n) is 14.3. The molecule has 1 saturated heterocycles. The van der Waals surface area contributed by atoms with Gasteiger partial charge in [0.25, 0.3) is 0 Å². The highest BCUT2D eigenvalue weighted by Crippen LogP contribution is 2.30. The smallest absolute Gasteiger partial charge is 0.225 e. The molecule has 1 unspecified atom stereocenters. The number of aromatic nitrogens is 2. The Balaban J connectivity index is 1.78. The molecule has 0 spiro atoms. The Hall–Kier alpha value is -1.69. The topological polar surface area (TPSA) is 67.4 Å². The summed E-state index contributed by atoms with van der Waals surface area (Å²) in [6.07, 6.45) is 4.85. The molecule has 1 aromatic rings. The van der Waals surface area contributed by atoms with Gasteiger partial charge in [0.2, 0.25) is 11.9 Å².